The number of ether oxygens (including phenoxy) is 1. The van der Waals surface area contributed by atoms with Crippen LogP contribution in [0.2, 0.25) is 0 Å². The summed E-state index contributed by atoms with van der Waals surface area (Å²) in [5.41, 5.74) is 0.911. The summed E-state index contributed by atoms with van der Waals surface area (Å²) in [6.45, 7) is 0. The van der Waals surface area contributed by atoms with Crippen molar-refractivity contribution in [1.82, 2.24) is 0 Å². The molecule has 3 rings (SSSR count). The molecule has 0 N–H and O–H groups in total. The average Bonchev–Trinajstić information content (AvgIpc) is 2.43. The number of fused-ring (bicyclic) bond motifs is 1. The zero-order valence-electron chi connectivity index (χ0n) is 11.5. The number of hydrogen-bond donors (Lipinski definition) is 0. The van der Waals surface area contributed by atoms with Crippen LogP contribution in [-0.4, -0.2) is 12.7 Å². The molecule has 2 aromatic rings. The molecule has 0 bridgehead atoms. The van der Waals surface area contributed by atoms with Crippen LogP contribution in [-0.2, 0) is 4.74 Å². The molecule has 20 heavy (non-hydrogen) atoms. The highest BCUT2D eigenvalue weighted by molar-refractivity contribution is 6.21. The van der Waals surface area contributed by atoms with Gasteiger partial charge < -0.3 is 4.74 Å². The summed E-state index contributed by atoms with van der Waals surface area (Å²) in [5, 5.41) is 1.38. The van der Waals surface area contributed by atoms with E-state index in [1.165, 1.54) is 12.5 Å². The van der Waals surface area contributed by atoms with Gasteiger partial charge in [0.15, 0.2) is 0 Å². The average molecular weight is 293 g/mol. The largest absolute Gasteiger partial charge is 0.378 e. The lowest BCUT2D eigenvalue weighted by atomic mass is 9.75. The van der Waals surface area contributed by atoms with E-state index < -0.39 is 0 Å². The molecular formula is C17H18ClFO. The predicted molar refractivity (Wildman–Crippen MR) is 80.7 cm³/mol. The standard InChI is InChI=1S/C17H18ClFO/c1-20-17(9-4-10-17)11-15(18)13-7-8-16(19)14-6-3-2-5-12(13)14/h2-3,5-8,15H,4,9-11H2,1H3. The first kappa shape index (κ1) is 13.8. The molecule has 0 spiro atoms. The first-order valence-corrected chi connectivity index (χ1v) is 7.45. The fourth-order valence-electron chi connectivity index (χ4n) is 3.06. The van der Waals surface area contributed by atoms with Crippen molar-refractivity contribution in [3.05, 3.63) is 47.8 Å². The minimum atomic E-state index is -0.196. The molecule has 1 aliphatic rings. The van der Waals surface area contributed by atoms with Crippen molar-refractivity contribution >= 4 is 22.4 Å². The third kappa shape index (κ3) is 2.32. The summed E-state index contributed by atoms with van der Waals surface area (Å²) in [4.78, 5) is 0. The monoisotopic (exact) mass is 292 g/mol. The Balaban J connectivity index is 1.95. The summed E-state index contributed by atoms with van der Waals surface area (Å²) < 4.78 is 19.5. The lowest BCUT2D eigenvalue weighted by Crippen LogP contribution is -2.39. The SMILES string of the molecule is COC1(CC(Cl)c2ccc(F)c3ccccc23)CCC1. The Kier molecular flexibility index (Phi) is 3.70. The van der Waals surface area contributed by atoms with Crippen molar-refractivity contribution in [3.8, 4) is 0 Å². The molecule has 106 valence electrons. The van der Waals surface area contributed by atoms with Crippen molar-refractivity contribution in [2.75, 3.05) is 7.11 Å². The molecule has 1 atom stereocenters. The van der Waals surface area contributed by atoms with Crippen LogP contribution >= 0.6 is 11.6 Å². The van der Waals surface area contributed by atoms with Gasteiger partial charge in [-0.2, -0.15) is 0 Å². The Bertz CT molecular complexity index is 616. The lowest BCUT2D eigenvalue weighted by molar-refractivity contribution is -0.0779. The highest BCUT2D eigenvalue weighted by Gasteiger charge is 2.39. The van der Waals surface area contributed by atoms with E-state index in [0.29, 0.717) is 5.39 Å². The van der Waals surface area contributed by atoms with E-state index in [4.69, 9.17) is 16.3 Å². The van der Waals surface area contributed by atoms with Crippen molar-refractivity contribution in [2.45, 2.75) is 36.7 Å². The second kappa shape index (κ2) is 5.34. The van der Waals surface area contributed by atoms with Crippen LogP contribution in [0, 0.1) is 5.82 Å². The maximum absolute atomic E-state index is 13.8. The highest BCUT2D eigenvalue weighted by atomic mass is 35.5. The minimum absolute atomic E-state index is 0.0814. The number of halogens is 2. The van der Waals surface area contributed by atoms with Crippen LogP contribution in [0.1, 0.15) is 36.6 Å². The van der Waals surface area contributed by atoms with E-state index in [9.17, 15) is 4.39 Å². The normalized spacial score (nSPS) is 18.8. The molecule has 1 nitrogen and oxygen atoms in total. The van der Waals surface area contributed by atoms with Gasteiger partial charge in [-0.3, -0.25) is 0 Å². The van der Waals surface area contributed by atoms with E-state index in [0.717, 1.165) is 30.2 Å². The number of rotatable bonds is 4. The molecule has 3 heteroatoms. The molecule has 1 fully saturated rings. The van der Waals surface area contributed by atoms with Crippen LogP contribution in [0.3, 0.4) is 0 Å². The number of methoxy groups -OCH3 is 1. The summed E-state index contributed by atoms with van der Waals surface area (Å²) in [5.74, 6) is -0.196. The van der Waals surface area contributed by atoms with Crippen molar-refractivity contribution in [2.24, 2.45) is 0 Å². The Labute approximate surface area is 123 Å². The minimum Gasteiger partial charge on any atom is -0.378 e. The van der Waals surface area contributed by atoms with Crippen molar-refractivity contribution in [3.63, 3.8) is 0 Å². The summed E-state index contributed by atoms with van der Waals surface area (Å²) in [6.07, 6.45) is 4.10. The molecule has 0 amide bonds. The maximum Gasteiger partial charge on any atom is 0.131 e. The first-order valence-electron chi connectivity index (χ1n) is 7.02. The molecule has 1 unspecified atom stereocenters. The third-order valence-corrected chi connectivity index (χ3v) is 4.88. The fraction of sp³-hybridized carbons (Fsp3) is 0.412. The Morgan fingerprint density at radius 3 is 2.50 bits per heavy atom. The second-order valence-electron chi connectivity index (χ2n) is 5.59. The third-order valence-electron chi connectivity index (χ3n) is 4.49. The Morgan fingerprint density at radius 2 is 1.90 bits per heavy atom. The van der Waals surface area contributed by atoms with Crippen LogP contribution in [0.15, 0.2) is 36.4 Å². The van der Waals surface area contributed by atoms with Crippen LogP contribution < -0.4 is 0 Å². The number of alkyl halides is 1. The van der Waals surface area contributed by atoms with Crippen LogP contribution in [0.5, 0.6) is 0 Å². The van der Waals surface area contributed by atoms with Gasteiger partial charge in [0.05, 0.1) is 11.0 Å². The molecule has 2 aromatic carbocycles. The summed E-state index contributed by atoms with van der Waals surface area (Å²) >= 11 is 6.61. The second-order valence-corrected chi connectivity index (χ2v) is 6.12. The lowest BCUT2D eigenvalue weighted by Gasteiger charge is -2.42. The summed E-state index contributed by atoms with van der Waals surface area (Å²) in [7, 11) is 1.76. The van der Waals surface area contributed by atoms with Gasteiger partial charge in [-0.15, -0.1) is 11.6 Å². The predicted octanol–water partition coefficient (Wildman–Crippen LogP) is 5.22. The van der Waals surface area contributed by atoms with Gasteiger partial charge in [-0.25, -0.2) is 4.39 Å². The van der Waals surface area contributed by atoms with Crippen molar-refractivity contribution < 1.29 is 9.13 Å². The van der Waals surface area contributed by atoms with Gasteiger partial charge in [-0.1, -0.05) is 30.3 Å². The quantitative estimate of drug-likeness (QED) is 0.702. The zero-order chi connectivity index (χ0) is 14.2. The Morgan fingerprint density at radius 1 is 1.20 bits per heavy atom. The first-order chi connectivity index (χ1) is 9.65. The summed E-state index contributed by atoms with van der Waals surface area (Å²) in [6, 6.07) is 10.8. The fourth-order valence-corrected chi connectivity index (χ4v) is 3.53. The molecule has 1 aliphatic carbocycles. The smallest absolute Gasteiger partial charge is 0.131 e. The van der Waals surface area contributed by atoms with E-state index in [2.05, 4.69) is 0 Å². The van der Waals surface area contributed by atoms with E-state index in [1.54, 1.807) is 19.2 Å². The zero-order valence-corrected chi connectivity index (χ0v) is 12.3. The number of benzene rings is 2. The van der Waals surface area contributed by atoms with Gasteiger partial charge in [0.2, 0.25) is 0 Å². The van der Waals surface area contributed by atoms with E-state index in [-0.39, 0.29) is 16.8 Å². The molecule has 0 aromatic heterocycles. The van der Waals surface area contributed by atoms with E-state index >= 15 is 0 Å². The topological polar surface area (TPSA) is 9.23 Å². The molecule has 1 saturated carbocycles. The van der Waals surface area contributed by atoms with Gasteiger partial charge in [-0.05, 0) is 42.7 Å². The van der Waals surface area contributed by atoms with Gasteiger partial charge in [0, 0.05) is 12.5 Å². The van der Waals surface area contributed by atoms with Crippen molar-refractivity contribution in [1.29, 1.82) is 0 Å². The van der Waals surface area contributed by atoms with Gasteiger partial charge >= 0.3 is 0 Å². The molecular weight excluding hydrogens is 275 g/mol. The van der Waals surface area contributed by atoms with Gasteiger partial charge in [0.1, 0.15) is 5.82 Å². The van der Waals surface area contributed by atoms with Gasteiger partial charge in [0.25, 0.3) is 0 Å². The van der Waals surface area contributed by atoms with Crippen LogP contribution in [0.4, 0.5) is 4.39 Å². The highest BCUT2D eigenvalue weighted by Crippen LogP contribution is 2.45. The molecule has 0 heterocycles. The molecule has 0 saturated heterocycles. The maximum atomic E-state index is 13.8. The van der Waals surface area contributed by atoms with Crippen LogP contribution in [0.25, 0.3) is 10.8 Å². The number of hydrogen-bond acceptors (Lipinski definition) is 1. The molecule has 0 radical (unpaired) electrons. The van der Waals surface area contributed by atoms with E-state index in [1.807, 2.05) is 18.2 Å². The Hall–Kier alpha value is -1.12. The molecule has 0 aliphatic heterocycles.